The molecule has 0 spiro atoms. The van der Waals surface area contributed by atoms with Crippen molar-refractivity contribution in [3.8, 4) is 0 Å². The maximum absolute atomic E-state index is 12.1. The van der Waals surface area contributed by atoms with Crippen molar-refractivity contribution in [1.29, 1.82) is 0 Å². The lowest BCUT2D eigenvalue weighted by atomic mass is 9.88. The second-order valence-electron chi connectivity index (χ2n) is 5.00. The molecule has 90 valence electrons. The summed E-state index contributed by atoms with van der Waals surface area (Å²) in [7, 11) is 0. The third-order valence-corrected chi connectivity index (χ3v) is 3.52. The number of hydrogen-bond donors (Lipinski definition) is 3. The van der Waals surface area contributed by atoms with E-state index in [4.69, 9.17) is 0 Å². The molecule has 2 fully saturated rings. The minimum absolute atomic E-state index is 0.0826. The molecule has 5 heteroatoms. The second-order valence-corrected chi connectivity index (χ2v) is 5.00. The Bertz CT molecular complexity index is 288. The Morgan fingerprint density at radius 3 is 2.94 bits per heavy atom. The normalized spacial score (nSPS) is 34.6. The van der Waals surface area contributed by atoms with E-state index >= 15 is 0 Å². The molecule has 2 unspecified atom stereocenters. The van der Waals surface area contributed by atoms with E-state index in [9.17, 15) is 9.59 Å². The number of amides is 2. The molecule has 0 bridgehead atoms. The molecular formula is C11H19N3O2. The summed E-state index contributed by atoms with van der Waals surface area (Å²) in [5.74, 6) is 0.192. The SMILES string of the molecule is CC1(C(=O)NC2CCC(=O)NC2)CCNC1. The molecule has 0 saturated carbocycles. The summed E-state index contributed by atoms with van der Waals surface area (Å²) in [6.45, 7) is 4.21. The highest BCUT2D eigenvalue weighted by molar-refractivity contribution is 5.83. The number of hydrogen-bond acceptors (Lipinski definition) is 3. The summed E-state index contributed by atoms with van der Waals surface area (Å²) < 4.78 is 0. The zero-order valence-electron chi connectivity index (χ0n) is 9.64. The number of rotatable bonds is 2. The van der Waals surface area contributed by atoms with Gasteiger partial charge in [0, 0.05) is 25.6 Å². The molecule has 2 amide bonds. The molecule has 2 rings (SSSR count). The van der Waals surface area contributed by atoms with Gasteiger partial charge in [-0.3, -0.25) is 9.59 Å². The fourth-order valence-corrected chi connectivity index (χ4v) is 2.23. The van der Waals surface area contributed by atoms with Gasteiger partial charge < -0.3 is 16.0 Å². The molecule has 16 heavy (non-hydrogen) atoms. The molecule has 2 atom stereocenters. The summed E-state index contributed by atoms with van der Waals surface area (Å²) in [4.78, 5) is 23.0. The van der Waals surface area contributed by atoms with Gasteiger partial charge in [-0.25, -0.2) is 0 Å². The van der Waals surface area contributed by atoms with E-state index < -0.39 is 0 Å². The lowest BCUT2D eigenvalue weighted by Gasteiger charge is -2.28. The van der Waals surface area contributed by atoms with Crippen LogP contribution >= 0.6 is 0 Å². The molecular weight excluding hydrogens is 206 g/mol. The molecule has 5 nitrogen and oxygen atoms in total. The minimum atomic E-state index is -0.276. The molecule has 2 saturated heterocycles. The summed E-state index contributed by atoms with van der Waals surface area (Å²) in [5.41, 5.74) is -0.276. The quantitative estimate of drug-likeness (QED) is 0.586. The number of piperidine rings is 1. The number of nitrogens with one attached hydrogen (secondary N) is 3. The van der Waals surface area contributed by atoms with Crippen molar-refractivity contribution in [3.63, 3.8) is 0 Å². The lowest BCUT2D eigenvalue weighted by molar-refractivity contribution is -0.131. The van der Waals surface area contributed by atoms with Crippen molar-refractivity contribution < 1.29 is 9.59 Å². The van der Waals surface area contributed by atoms with Gasteiger partial charge in [0.25, 0.3) is 0 Å². The summed E-state index contributed by atoms with van der Waals surface area (Å²) in [6.07, 6.45) is 2.15. The van der Waals surface area contributed by atoms with Crippen LogP contribution in [0.1, 0.15) is 26.2 Å². The van der Waals surface area contributed by atoms with Gasteiger partial charge in [-0.05, 0) is 26.3 Å². The van der Waals surface area contributed by atoms with E-state index in [2.05, 4.69) is 16.0 Å². The molecule has 0 aliphatic carbocycles. The van der Waals surface area contributed by atoms with E-state index in [1.807, 2.05) is 6.92 Å². The second kappa shape index (κ2) is 4.41. The van der Waals surface area contributed by atoms with Gasteiger partial charge in [-0.1, -0.05) is 0 Å². The van der Waals surface area contributed by atoms with E-state index in [0.717, 1.165) is 25.9 Å². The first kappa shape index (κ1) is 11.4. The van der Waals surface area contributed by atoms with Crippen LogP contribution in [-0.4, -0.2) is 37.5 Å². The highest BCUT2D eigenvalue weighted by Crippen LogP contribution is 2.24. The molecule has 0 aromatic heterocycles. The minimum Gasteiger partial charge on any atom is -0.354 e. The Kier molecular flexibility index (Phi) is 3.14. The van der Waals surface area contributed by atoms with Gasteiger partial charge in [-0.15, -0.1) is 0 Å². The first-order valence-electron chi connectivity index (χ1n) is 5.88. The van der Waals surface area contributed by atoms with Crippen LogP contribution in [0, 0.1) is 5.41 Å². The van der Waals surface area contributed by atoms with Crippen molar-refractivity contribution in [1.82, 2.24) is 16.0 Å². The van der Waals surface area contributed by atoms with Gasteiger partial charge in [0.2, 0.25) is 11.8 Å². The molecule has 3 N–H and O–H groups in total. The Hall–Kier alpha value is -1.10. The highest BCUT2D eigenvalue weighted by atomic mass is 16.2. The summed E-state index contributed by atoms with van der Waals surface area (Å²) >= 11 is 0. The molecule has 2 aliphatic rings. The number of carbonyl (C=O) groups is 2. The van der Waals surface area contributed by atoms with Crippen LogP contribution in [0.5, 0.6) is 0 Å². The van der Waals surface area contributed by atoms with Gasteiger partial charge in [0.1, 0.15) is 0 Å². The maximum atomic E-state index is 12.1. The lowest BCUT2D eigenvalue weighted by Crippen LogP contribution is -2.51. The molecule has 0 radical (unpaired) electrons. The smallest absolute Gasteiger partial charge is 0.227 e. The predicted octanol–water partition coefficient (Wildman–Crippen LogP) is -0.619. The van der Waals surface area contributed by atoms with E-state index in [1.54, 1.807) is 0 Å². The third-order valence-electron chi connectivity index (χ3n) is 3.52. The summed E-state index contributed by atoms with van der Waals surface area (Å²) in [5, 5.41) is 9.01. The molecule has 2 heterocycles. The molecule has 0 aromatic carbocycles. The Labute approximate surface area is 95.3 Å². The van der Waals surface area contributed by atoms with Crippen molar-refractivity contribution in [2.24, 2.45) is 5.41 Å². The Balaban J connectivity index is 1.85. The topological polar surface area (TPSA) is 70.2 Å². The first-order valence-corrected chi connectivity index (χ1v) is 5.88. The first-order chi connectivity index (χ1) is 7.60. The fraction of sp³-hybridized carbons (Fsp3) is 0.818. The monoisotopic (exact) mass is 225 g/mol. The Morgan fingerprint density at radius 1 is 1.56 bits per heavy atom. The summed E-state index contributed by atoms with van der Waals surface area (Å²) in [6, 6.07) is 0.0997. The van der Waals surface area contributed by atoms with Crippen molar-refractivity contribution in [2.75, 3.05) is 19.6 Å². The molecule has 2 aliphatic heterocycles. The zero-order valence-corrected chi connectivity index (χ0v) is 9.64. The van der Waals surface area contributed by atoms with Crippen molar-refractivity contribution >= 4 is 11.8 Å². The van der Waals surface area contributed by atoms with Crippen LogP contribution in [0.2, 0.25) is 0 Å². The number of carbonyl (C=O) groups excluding carboxylic acids is 2. The third kappa shape index (κ3) is 2.35. The largest absolute Gasteiger partial charge is 0.354 e. The van der Waals surface area contributed by atoms with Crippen LogP contribution in [0.3, 0.4) is 0 Å². The molecule has 0 aromatic rings. The van der Waals surface area contributed by atoms with E-state index in [-0.39, 0.29) is 23.3 Å². The van der Waals surface area contributed by atoms with Crippen LogP contribution in [0.15, 0.2) is 0 Å². The van der Waals surface area contributed by atoms with E-state index in [1.165, 1.54) is 0 Å². The van der Waals surface area contributed by atoms with Gasteiger partial charge >= 0.3 is 0 Å². The fourth-order valence-electron chi connectivity index (χ4n) is 2.23. The van der Waals surface area contributed by atoms with Crippen molar-refractivity contribution in [2.45, 2.75) is 32.2 Å². The zero-order chi connectivity index (χ0) is 11.6. The van der Waals surface area contributed by atoms with Gasteiger partial charge in [-0.2, -0.15) is 0 Å². The van der Waals surface area contributed by atoms with Crippen LogP contribution in [0.25, 0.3) is 0 Å². The van der Waals surface area contributed by atoms with E-state index in [0.29, 0.717) is 13.0 Å². The van der Waals surface area contributed by atoms with Gasteiger partial charge in [0.05, 0.1) is 5.41 Å². The maximum Gasteiger partial charge on any atom is 0.227 e. The van der Waals surface area contributed by atoms with Gasteiger partial charge in [0.15, 0.2) is 0 Å². The van der Waals surface area contributed by atoms with Crippen LogP contribution in [-0.2, 0) is 9.59 Å². The highest BCUT2D eigenvalue weighted by Gasteiger charge is 2.37. The standard InChI is InChI=1S/C11H19N3O2/c1-11(4-5-12-7-11)10(16)14-8-2-3-9(15)13-6-8/h8,12H,2-7H2,1H3,(H,13,15)(H,14,16). The average Bonchev–Trinajstić information content (AvgIpc) is 2.70. The van der Waals surface area contributed by atoms with Crippen LogP contribution in [0.4, 0.5) is 0 Å². The Morgan fingerprint density at radius 2 is 2.38 bits per heavy atom. The predicted molar refractivity (Wildman–Crippen MR) is 59.8 cm³/mol. The van der Waals surface area contributed by atoms with Crippen molar-refractivity contribution in [3.05, 3.63) is 0 Å². The van der Waals surface area contributed by atoms with Crippen LogP contribution < -0.4 is 16.0 Å². The average molecular weight is 225 g/mol.